The number of amides is 4. The van der Waals surface area contributed by atoms with E-state index in [0.29, 0.717) is 28.7 Å². The summed E-state index contributed by atoms with van der Waals surface area (Å²) in [5.41, 5.74) is 1.30. The first-order valence-corrected chi connectivity index (χ1v) is 9.66. The first-order valence-electron chi connectivity index (χ1n) is 9.28. The molecule has 4 amide bonds. The first kappa shape index (κ1) is 21.4. The third kappa shape index (κ3) is 4.31. The predicted octanol–water partition coefficient (Wildman–Crippen LogP) is 3.75. The van der Waals surface area contributed by atoms with Crippen molar-refractivity contribution in [2.24, 2.45) is 0 Å². The quantitative estimate of drug-likeness (QED) is 0.517. The molecule has 1 fully saturated rings. The van der Waals surface area contributed by atoms with Crippen LogP contribution in [0.25, 0.3) is 6.08 Å². The van der Waals surface area contributed by atoms with Gasteiger partial charge in [-0.15, -0.1) is 0 Å². The monoisotopic (exact) mass is 428 g/mol. The molecule has 0 radical (unpaired) electrons. The lowest BCUT2D eigenvalue weighted by Gasteiger charge is -2.28. The second-order valence-corrected chi connectivity index (χ2v) is 7.00. The Morgan fingerprint density at radius 3 is 2.23 bits per heavy atom. The van der Waals surface area contributed by atoms with Gasteiger partial charge in [-0.2, -0.15) is 0 Å². The van der Waals surface area contributed by atoms with Crippen molar-refractivity contribution < 1.29 is 23.9 Å². The molecule has 3 rings (SSSR count). The molecule has 7 nitrogen and oxygen atoms in total. The number of carbonyl (C=O) groups is 3. The number of hydrogen-bond acceptors (Lipinski definition) is 5. The van der Waals surface area contributed by atoms with Gasteiger partial charge in [0.25, 0.3) is 11.8 Å². The van der Waals surface area contributed by atoms with E-state index in [-0.39, 0.29) is 12.2 Å². The Labute approximate surface area is 179 Å². The van der Waals surface area contributed by atoms with Gasteiger partial charge in [0.05, 0.1) is 6.61 Å². The second-order valence-electron chi connectivity index (χ2n) is 6.59. The summed E-state index contributed by atoms with van der Waals surface area (Å²) in [7, 11) is 2.66. The number of likely N-dealkylation sites (N-methyl/N-ethyl adjacent to an activating group) is 2. The van der Waals surface area contributed by atoms with Crippen molar-refractivity contribution in [2.45, 2.75) is 13.5 Å². The molecule has 2 aromatic rings. The minimum absolute atomic E-state index is 0.105. The van der Waals surface area contributed by atoms with Crippen LogP contribution in [0.5, 0.6) is 11.5 Å². The summed E-state index contributed by atoms with van der Waals surface area (Å²) in [6, 6.07) is 11.8. The molecule has 156 valence electrons. The lowest BCUT2D eigenvalue weighted by molar-refractivity contribution is -0.134. The topological polar surface area (TPSA) is 76.2 Å². The van der Waals surface area contributed by atoms with E-state index in [1.165, 1.54) is 20.2 Å². The summed E-state index contributed by atoms with van der Waals surface area (Å²) in [4.78, 5) is 38.5. The summed E-state index contributed by atoms with van der Waals surface area (Å²) in [6.07, 6.45) is 1.43. The highest BCUT2D eigenvalue weighted by molar-refractivity contribution is 6.31. The van der Waals surface area contributed by atoms with Gasteiger partial charge < -0.3 is 9.47 Å². The average molecular weight is 429 g/mol. The van der Waals surface area contributed by atoms with Crippen molar-refractivity contribution >= 4 is 35.5 Å². The van der Waals surface area contributed by atoms with Gasteiger partial charge >= 0.3 is 6.03 Å². The average Bonchev–Trinajstić information content (AvgIpc) is 2.74. The molecule has 1 aliphatic rings. The number of nitrogens with zero attached hydrogens (tertiary/aromatic N) is 2. The molecular weight excluding hydrogens is 408 g/mol. The lowest BCUT2D eigenvalue weighted by atomic mass is 10.1. The zero-order chi connectivity index (χ0) is 21.8. The minimum atomic E-state index is -0.666. The fourth-order valence-corrected chi connectivity index (χ4v) is 3.10. The zero-order valence-electron chi connectivity index (χ0n) is 16.8. The fourth-order valence-electron chi connectivity index (χ4n) is 2.91. The third-order valence-corrected chi connectivity index (χ3v) is 4.93. The van der Waals surface area contributed by atoms with E-state index in [9.17, 15) is 14.4 Å². The third-order valence-electron chi connectivity index (χ3n) is 4.56. The van der Waals surface area contributed by atoms with Crippen LogP contribution in [-0.4, -0.2) is 48.3 Å². The normalized spacial score (nSPS) is 14.3. The zero-order valence-corrected chi connectivity index (χ0v) is 17.6. The molecule has 0 aromatic heterocycles. The van der Waals surface area contributed by atoms with E-state index in [1.807, 2.05) is 25.1 Å². The van der Waals surface area contributed by atoms with Crippen molar-refractivity contribution in [3.05, 3.63) is 64.2 Å². The summed E-state index contributed by atoms with van der Waals surface area (Å²) >= 11 is 6.17. The fraction of sp³-hybridized carbons (Fsp3) is 0.227. The number of carbonyl (C=O) groups excluding carboxylic acids is 3. The van der Waals surface area contributed by atoms with Gasteiger partial charge in [0, 0.05) is 24.7 Å². The van der Waals surface area contributed by atoms with Gasteiger partial charge in [0.1, 0.15) is 12.2 Å². The van der Waals surface area contributed by atoms with Crippen LogP contribution in [0.2, 0.25) is 5.02 Å². The van der Waals surface area contributed by atoms with Crippen LogP contribution >= 0.6 is 11.6 Å². The highest BCUT2D eigenvalue weighted by Gasteiger charge is 2.37. The molecule has 0 N–H and O–H groups in total. The molecular formula is C22H21ClN2O5. The minimum Gasteiger partial charge on any atom is -0.490 e. The molecule has 0 spiro atoms. The van der Waals surface area contributed by atoms with Crippen molar-refractivity contribution in [3.8, 4) is 11.5 Å². The van der Waals surface area contributed by atoms with Crippen LogP contribution in [0.4, 0.5) is 4.79 Å². The maximum atomic E-state index is 12.4. The Balaban J connectivity index is 1.88. The van der Waals surface area contributed by atoms with Crippen LogP contribution in [0.15, 0.2) is 48.0 Å². The standard InChI is InChI=1S/C22H21ClN2O5/c1-4-29-19-12-14(11-16-20(26)24(2)22(28)25(3)21(16)27)9-10-18(19)30-13-15-7-5-6-8-17(15)23/h5-12H,4,13H2,1-3H3. The number of urea groups is 1. The highest BCUT2D eigenvalue weighted by Crippen LogP contribution is 2.31. The van der Waals surface area contributed by atoms with E-state index in [1.54, 1.807) is 24.3 Å². The van der Waals surface area contributed by atoms with Crippen molar-refractivity contribution in [1.29, 1.82) is 0 Å². The molecule has 0 aliphatic carbocycles. The number of imide groups is 2. The summed E-state index contributed by atoms with van der Waals surface area (Å²) in [6.45, 7) is 2.50. The molecule has 0 atom stereocenters. The first-order chi connectivity index (χ1) is 14.3. The number of barbiturate groups is 1. The summed E-state index contributed by atoms with van der Waals surface area (Å²) in [5, 5.41) is 0.605. The lowest BCUT2D eigenvalue weighted by Crippen LogP contribution is -2.52. The molecule has 1 heterocycles. The molecule has 1 saturated heterocycles. The molecule has 8 heteroatoms. The van der Waals surface area contributed by atoms with Gasteiger partial charge in [-0.3, -0.25) is 19.4 Å². The molecule has 2 aromatic carbocycles. The Morgan fingerprint density at radius 2 is 1.60 bits per heavy atom. The van der Waals surface area contributed by atoms with E-state index < -0.39 is 17.8 Å². The number of halogens is 1. The van der Waals surface area contributed by atoms with Crippen LogP contribution in [0, 0.1) is 0 Å². The number of hydrogen-bond donors (Lipinski definition) is 0. The Kier molecular flexibility index (Phi) is 6.42. The smallest absolute Gasteiger partial charge is 0.333 e. The van der Waals surface area contributed by atoms with E-state index in [4.69, 9.17) is 21.1 Å². The van der Waals surface area contributed by atoms with Gasteiger partial charge in [-0.1, -0.05) is 35.9 Å². The predicted molar refractivity (Wildman–Crippen MR) is 112 cm³/mol. The van der Waals surface area contributed by atoms with Crippen molar-refractivity contribution in [1.82, 2.24) is 9.80 Å². The molecule has 1 aliphatic heterocycles. The van der Waals surface area contributed by atoms with Crippen LogP contribution < -0.4 is 9.47 Å². The van der Waals surface area contributed by atoms with E-state index in [2.05, 4.69) is 0 Å². The maximum absolute atomic E-state index is 12.4. The number of ether oxygens (including phenoxy) is 2. The Morgan fingerprint density at radius 1 is 0.933 bits per heavy atom. The van der Waals surface area contributed by atoms with Gasteiger partial charge in [0.2, 0.25) is 0 Å². The summed E-state index contributed by atoms with van der Waals surface area (Å²) in [5.74, 6) is -0.336. The SMILES string of the molecule is CCOc1cc(C=C2C(=O)N(C)C(=O)N(C)C2=O)ccc1OCc1ccccc1Cl. The van der Waals surface area contributed by atoms with Gasteiger partial charge in [-0.25, -0.2) is 4.79 Å². The molecule has 0 bridgehead atoms. The maximum Gasteiger partial charge on any atom is 0.333 e. The molecule has 30 heavy (non-hydrogen) atoms. The van der Waals surface area contributed by atoms with E-state index >= 15 is 0 Å². The molecule has 0 saturated carbocycles. The van der Waals surface area contributed by atoms with Crippen LogP contribution in [0.1, 0.15) is 18.1 Å². The number of rotatable bonds is 6. The van der Waals surface area contributed by atoms with Gasteiger partial charge in [0.15, 0.2) is 11.5 Å². The van der Waals surface area contributed by atoms with Crippen molar-refractivity contribution in [3.63, 3.8) is 0 Å². The summed E-state index contributed by atoms with van der Waals surface area (Å²) < 4.78 is 11.5. The Bertz CT molecular complexity index is 1010. The highest BCUT2D eigenvalue weighted by atomic mass is 35.5. The van der Waals surface area contributed by atoms with Crippen molar-refractivity contribution in [2.75, 3.05) is 20.7 Å². The Hall–Kier alpha value is -3.32. The number of benzene rings is 2. The van der Waals surface area contributed by atoms with E-state index in [0.717, 1.165) is 15.4 Å². The largest absolute Gasteiger partial charge is 0.490 e. The molecule has 0 unspecified atom stereocenters. The van der Waals surface area contributed by atoms with Crippen LogP contribution in [0.3, 0.4) is 0 Å². The van der Waals surface area contributed by atoms with Gasteiger partial charge in [-0.05, 0) is 36.8 Å². The van der Waals surface area contributed by atoms with Crippen LogP contribution in [-0.2, 0) is 16.2 Å². The second kappa shape index (κ2) is 9.00.